The molecular weight excluding hydrogens is 300 g/mol. The van der Waals surface area contributed by atoms with Crippen LogP contribution in [-0.4, -0.2) is 43.3 Å². The highest BCUT2D eigenvalue weighted by atomic mass is 16.5. The Morgan fingerprint density at radius 2 is 2.17 bits per heavy atom. The van der Waals surface area contributed by atoms with E-state index in [2.05, 4.69) is 49.4 Å². The molecule has 0 radical (unpaired) electrons. The summed E-state index contributed by atoms with van der Waals surface area (Å²) < 4.78 is 5.94. The van der Waals surface area contributed by atoms with Crippen molar-refractivity contribution in [2.75, 3.05) is 26.2 Å². The number of aromatic nitrogens is 1. The molecule has 0 aromatic carbocycles. The molecule has 0 bridgehead atoms. The van der Waals surface area contributed by atoms with Crippen LogP contribution in [0.4, 0.5) is 0 Å². The van der Waals surface area contributed by atoms with Gasteiger partial charge in [0.25, 0.3) is 0 Å². The van der Waals surface area contributed by atoms with E-state index in [9.17, 15) is 0 Å². The van der Waals surface area contributed by atoms with Gasteiger partial charge in [0.2, 0.25) is 0 Å². The topological polar surface area (TPSA) is 58.5 Å². The lowest BCUT2D eigenvalue weighted by atomic mass is 9.81. The summed E-state index contributed by atoms with van der Waals surface area (Å²) >= 11 is 0. The molecule has 1 aromatic heterocycles. The van der Waals surface area contributed by atoms with Gasteiger partial charge in [-0.25, -0.2) is 0 Å². The summed E-state index contributed by atoms with van der Waals surface area (Å²) in [5.74, 6) is 1.38. The summed E-state index contributed by atoms with van der Waals surface area (Å²) in [5.41, 5.74) is 1.26. The van der Waals surface area contributed by atoms with Crippen LogP contribution in [0.15, 0.2) is 29.4 Å². The predicted molar refractivity (Wildman–Crippen MR) is 99.2 cm³/mol. The molecule has 0 spiro atoms. The zero-order chi connectivity index (χ0) is 17.4. The minimum Gasteiger partial charge on any atom is -0.377 e. The standard InChI is InChI=1S/C19H32N4O/c1-5-20-18(22-12-9-16-8-6-7-11-21-16)23-14-15-10-13-24-17(15)19(2,3)4/h6-8,11,15,17H,5,9-10,12-14H2,1-4H3,(H2,20,22,23)/t15-,17-/m0/s1. The highest BCUT2D eigenvalue weighted by Gasteiger charge is 2.36. The molecule has 2 atom stereocenters. The molecule has 0 unspecified atom stereocenters. The minimum atomic E-state index is 0.168. The summed E-state index contributed by atoms with van der Waals surface area (Å²) in [4.78, 5) is 9.14. The third-order valence-electron chi connectivity index (χ3n) is 4.30. The van der Waals surface area contributed by atoms with Crippen LogP contribution in [0.25, 0.3) is 0 Å². The van der Waals surface area contributed by atoms with Crippen LogP contribution in [0.3, 0.4) is 0 Å². The van der Waals surface area contributed by atoms with Gasteiger partial charge in [-0.05, 0) is 30.9 Å². The molecule has 0 aliphatic carbocycles. The maximum Gasteiger partial charge on any atom is 0.191 e. The average molecular weight is 332 g/mol. The van der Waals surface area contributed by atoms with E-state index < -0.39 is 0 Å². The van der Waals surface area contributed by atoms with Gasteiger partial charge in [0.05, 0.1) is 6.10 Å². The van der Waals surface area contributed by atoms with E-state index in [0.717, 1.165) is 50.7 Å². The Hall–Kier alpha value is -1.62. The molecule has 2 rings (SSSR count). The minimum absolute atomic E-state index is 0.168. The fourth-order valence-corrected chi connectivity index (χ4v) is 3.18. The van der Waals surface area contributed by atoms with E-state index in [1.165, 1.54) is 0 Å². The number of hydrogen-bond acceptors (Lipinski definition) is 3. The van der Waals surface area contributed by atoms with E-state index in [1.54, 1.807) is 0 Å². The number of guanidine groups is 1. The van der Waals surface area contributed by atoms with Crippen molar-refractivity contribution in [1.29, 1.82) is 0 Å². The molecule has 2 N–H and O–H groups in total. The first-order valence-electron chi connectivity index (χ1n) is 9.04. The smallest absolute Gasteiger partial charge is 0.191 e. The first-order chi connectivity index (χ1) is 11.5. The van der Waals surface area contributed by atoms with Gasteiger partial charge in [0, 0.05) is 50.5 Å². The van der Waals surface area contributed by atoms with Crippen molar-refractivity contribution in [3.05, 3.63) is 30.1 Å². The van der Waals surface area contributed by atoms with E-state index in [-0.39, 0.29) is 11.5 Å². The lowest BCUT2D eigenvalue weighted by molar-refractivity contribution is 0.00890. The van der Waals surface area contributed by atoms with E-state index in [4.69, 9.17) is 9.73 Å². The molecule has 1 aliphatic heterocycles. The predicted octanol–water partition coefficient (Wildman–Crippen LogP) is 2.63. The van der Waals surface area contributed by atoms with Crippen LogP contribution in [0.5, 0.6) is 0 Å². The average Bonchev–Trinajstić information content (AvgIpc) is 3.02. The Balaban J connectivity index is 1.86. The van der Waals surface area contributed by atoms with E-state index >= 15 is 0 Å². The molecule has 5 heteroatoms. The first kappa shape index (κ1) is 18.7. The van der Waals surface area contributed by atoms with Crippen LogP contribution in [-0.2, 0) is 11.2 Å². The quantitative estimate of drug-likeness (QED) is 0.621. The fraction of sp³-hybridized carbons (Fsp3) is 0.684. The summed E-state index contributed by atoms with van der Waals surface area (Å²) in [6.45, 7) is 12.2. The van der Waals surface area contributed by atoms with Gasteiger partial charge in [-0.3, -0.25) is 9.98 Å². The van der Waals surface area contributed by atoms with Crippen LogP contribution in [0.1, 0.15) is 39.8 Å². The van der Waals surface area contributed by atoms with Crippen molar-refractivity contribution in [3.8, 4) is 0 Å². The fourth-order valence-electron chi connectivity index (χ4n) is 3.18. The number of nitrogens with one attached hydrogen (secondary N) is 2. The molecular formula is C19H32N4O. The SMILES string of the molecule is CCNC(=NC[C@@H]1CCO[C@@H]1C(C)(C)C)NCCc1ccccn1. The number of rotatable bonds is 6. The van der Waals surface area contributed by atoms with Crippen molar-refractivity contribution >= 4 is 5.96 Å². The van der Waals surface area contributed by atoms with E-state index in [1.807, 2.05) is 18.3 Å². The normalized spacial score (nSPS) is 21.8. The summed E-state index contributed by atoms with van der Waals surface area (Å²) in [5, 5.41) is 6.73. The Morgan fingerprint density at radius 1 is 1.33 bits per heavy atom. The highest BCUT2D eigenvalue weighted by molar-refractivity contribution is 5.79. The molecule has 134 valence electrons. The summed E-state index contributed by atoms with van der Waals surface area (Å²) in [6, 6.07) is 6.02. The number of hydrogen-bond donors (Lipinski definition) is 2. The third-order valence-corrected chi connectivity index (χ3v) is 4.30. The maximum absolute atomic E-state index is 5.94. The Morgan fingerprint density at radius 3 is 2.83 bits per heavy atom. The first-order valence-corrected chi connectivity index (χ1v) is 9.04. The van der Waals surface area contributed by atoms with Crippen LogP contribution < -0.4 is 10.6 Å². The second kappa shape index (κ2) is 9.02. The number of pyridine rings is 1. The second-order valence-corrected chi connectivity index (χ2v) is 7.42. The Bertz CT molecular complexity index is 510. The summed E-state index contributed by atoms with van der Waals surface area (Å²) in [6.07, 6.45) is 4.11. The van der Waals surface area contributed by atoms with Crippen molar-refractivity contribution in [2.45, 2.75) is 46.6 Å². The number of nitrogens with zero attached hydrogens (tertiary/aromatic N) is 2. The molecule has 2 heterocycles. The largest absolute Gasteiger partial charge is 0.377 e. The highest BCUT2D eigenvalue weighted by Crippen LogP contribution is 2.34. The van der Waals surface area contributed by atoms with Crippen LogP contribution in [0.2, 0.25) is 0 Å². The van der Waals surface area contributed by atoms with Crippen LogP contribution >= 0.6 is 0 Å². The molecule has 24 heavy (non-hydrogen) atoms. The lowest BCUT2D eigenvalue weighted by Crippen LogP contribution is -2.39. The van der Waals surface area contributed by atoms with Gasteiger partial charge < -0.3 is 15.4 Å². The van der Waals surface area contributed by atoms with Crippen molar-refractivity contribution in [3.63, 3.8) is 0 Å². The van der Waals surface area contributed by atoms with E-state index in [0.29, 0.717) is 5.92 Å². The maximum atomic E-state index is 5.94. The Kier molecular flexibility index (Phi) is 7.03. The molecule has 1 aliphatic rings. The number of ether oxygens (including phenoxy) is 1. The molecule has 0 amide bonds. The van der Waals surface area contributed by atoms with Gasteiger partial charge in [0.1, 0.15) is 0 Å². The van der Waals surface area contributed by atoms with Crippen molar-refractivity contribution in [2.24, 2.45) is 16.3 Å². The third kappa shape index (κ3) is 5.78. The van der Waals surface area contributed by atoms with Gasteiger partial charge in [-0.1, -0.05) is 26.8 Å². The van der Waals surface area contributed by atoms with Crippen molar-refractivity contribution < 1.29 is 4.74 Å². The molecule has 1 saturated heterocycles. The Labute approximate surface area is 146 Å². The molecule has 0 saturated carbocycles. The monoisotopic (exact) mass is 332 g/mol. The van der Waals surface area contributed by atoms with Crippen molar-refractivity contribution in [1.82, 2.24) is 15.6 Å². The van der Waals surface area contributed by atoms with Gasteiger partial charge in [-0.15, -0.1) is 0 Å². The number of aliphatic imine (C=N–C) groups is 1. The second-order valence-electron chi connectivity index (χ2n) is 7.42. The van der Waals surface area contributed by atoms with Crippen LogP contribution in [0, 0.1) is 11.3 Å². The zero-order valence-corrected chi connectivity index (χ0v) is 15.5. The summed E-state index contributed by atoms with van der Waals surface area (Å²) in [7, 11) is 0. The van der Waals surface area contributed by atoms with Gasteiger partial charge in [0.15, 0.2) is 5.96 Å². The zero-order valence-electron chi connectivity index (χ0n) is 15.5. The van der Waals surface area contributed by atoms with Gasteiger partial charge in [-0.2, -0.15) is 0 Å². The molecule has 5 nitrogen and oxygen atoms in total. The lowest BCUT2D eigenvalue weighted by Gasteiger charge is -2.30. The molecule has 1 fully saturated rings. The molecule has 1 aromatic rings. The van der Waals surface area contributed by atoms with Gasteiger partial charge >= 0.3 is 0 Å².